The number of hydrogen-bond donors (Lipinski definition) is 0. The van der Waals surface area contributed by atoms with E-state index in [0.717, 1.165) is 23.7 Å². The van der Waals surface area contributed by atoms with Crippen LogP contribution in [0.1, 0.15) is 12.8 Å². The maximum absolute atomic E-state index is 4.64. The third-order valence-electron chi connectivity index (χ3n) is 3.46. The average molecular weight is 216 g/mol. The van der Waals surface area contributed by atoms with Gasteiger partial charge in [0.15, 0.2) is 0 Å². The Bertz CT molecular complexity index is 222. The summed E-state index contributed by atoms with van der Waals surface area (Å²) in [6.07, 6.45) is 12.5. The fourth-order valence-electron chi connectivity index (χ4n) is 2.97. The fraction of sp³-hybridized carbons (Fsp3) is 0.600. The second-order valence-corrected chi connectivity index (χ2v) is 3.85. The van der Waals surface area contributed by atoms with Crippen LogP contribution < -0.4 is 0 Å². The van der Waals surface area contributed by atoms with Gasteiger partial charge in [0.1, 0.15) is 0 Å². The number of allylic oxidation sites excluding steroid dienone is 4. The second-order valence-electron chi connectivity index (χ2n) is 3.85. The van der Waals surface area contributed by atoms with Gasteiger partial charge in [0.2, 0.25) is 0 Å². The first-order chi connectivity index (χ1) is 5.95. The van der Waals surface area contributed by atoms with E-state index in [1.807, 2.05) is 0 Å². The van der Waals surface area contributed by atoms with E-state index in [0.29, 0.717) is 0 Å². The van der Waals surface area contributed by atoms with Gasteiger partial charge in [-0.25, -0.2) is 0 Å². The Morgan fingerprint density at radius 2 is 1.83 bits per heavy atom. The van der Waals surface area contributed by atoms with Crippen LogP contribution in [0.4, 0.5) is 0 Å². The second kappa shape index (κ2) is 3.69. The topological polar surface area (TPSA) is 0 Å². The van der Waals surface area contributed by atoms with Crippen LogP contribution >= 0.6 is 9.30 Å². The number of fused-ring (bicyclic) bond motifs is 5. The molecule has 0 aliphatic heterocycles. The Morgan fingerprint density at radius 1 is 1.08 bits per heavy atom. The third kappa shape index (κ3) is 1.25. The standard InChI is InChI=1S/C10H12.ClH.Ti/c1-2-9-7-4-5-8(6-7)10(9)3-1;;/h1-2,4-5,7-10H,3,6H2;1H;/q;;+1/p-1. The SMILES string of the molecule is C1=CC2C3C=CC(C3)C2C1.[Cl][Ti]. The molecule has 2 bridgehead atoms. The van der Waals surface area contributed by atoms with Gasteiger partial charge in [-0.3, -0.25) is 0 Å². The predicted molar refractivity (Wildman–Crippen MR) is 47.3 cm³/mol. The van der Waals surface area contributed by atoms with E-state index in [2.05, 4.69) is 33.6 Å². The van der Waals surface area contributed by atoms with E-state index in [1.165, 1.54) is 32.2 Å². The van der Waals surface area contributed by atoms with Gasteiger partial charge < -0.3 is 0 Å². The summed E-state index contributed by atoms with van der Waals surface area (Å²) < 4.78 is 0. The van der Waals surface area contributed by atoms with Crippen LogP contribution in [0.5, 0.6) is 0 Å². The minimum absolute atomic E-state index is 0.925. The van der Waals surface area contributed by atoms with E-state index in [-0.39, 0.29) is 0 Å². The summed E-state index contributed by atoms with van der Waals surface area (Å²) in [5.74, 6) is 3.82. The van der Waals surface area contributed by atoms with Crippen molar-refractivity contribution in [2.75, 3.05) is 0 Å². The maximum atomic E-state index is 4.64. The summed E-state index contributed by atoms with van der Waals surface area (Å²) >= 11 is 1.47. The number of rotatable bonds is 0. The van der Waals surface area contributed by atoms with Crippen LogP contribution in [0.15, 0.2) is 24.3 Å². The molecule has 0 N–H and O–H groups in total. The molecule has 0 radical (unpaired) electrons. The number of halogens is 1. The van der Waals surface area contributed by atoms with Crippen LogP contribution in [0.3, 0.4) is 0 Å². The normalized spacial score (nSPS) is 45.7. The molecule has 0 nitrogen and oxygen atoms in total. The Morgan fingerprint density at radius 3 is 2.58 bits per heavy atom. The van der Waals surface area contributed by atoms with Crippen LogP contribution in [0.25, 0.3) is 0 Å². The van der Waals surface area contributed by atoms with Gasteiger partial charge in [-0.15, -0.1) is 0 Å². The van der Waals surface area contributed by atoms with Crippen LogP contribution in [0.2, 0.25) is 0 Å². The molecule has 4 atom stereocenters. The van der Waals surface area contributed by atoms with Crippen molar-refractivity contribution < 1.29 is 19.4 Å². The van der Waals surface area contributed by atoms with Gasteiger partial charge in [-0.2, -0.15) is 0 Å². The summed E-state index contributed by atoms with van der Waals surface area (Å²) in [6, 6.07) is 0. The van der Waals surface area contributed by atoms with Crippen molar-refractivity contribution in [2.45, 2.75) is 12.8 Å². The van der Waals surface area contributed by atoms with Gasteiger partial charge in [0, 0.05) is 0 Å². The molecule has 1 fully saturated rings. The Hall–Kier alpha value is 0.484. The van der Waals surface area contributed by atoms with Crippen molar-refractivity contribution in [1.82, 2.24) is 0 Å². The zero-order valence-electron chi connectivity index (χ0n) is 6.91. The van der Waals surface area contributed by atoms with E-state index in [1.54, 1.807) is 0 Å². The number of hydrogen-bond acceptors (Lipinski definition) is 0. The van der Waals surface area contributed by atoms with Gasteiger partial charge in [0.25, 0.3) is 0 Å². The zero-order chi connectivity index (χ0) is 8.55. The van der Waals surface area contributed by atoms with E-state index < -0.39 is 0 Å². The van der Waals surface area contributed by atoms with Gasteiger partial charge in [-0.05, 0) is 36.5 Å². The first-order valence-corrected chi connectivity index (χ1v) is 6.64. The Labute approximate surface area is 89.3 Å². The first-order valence-electron chi connectivity index (χ1n) is 4.49. The molecule has 63 valence electrons. The Kier molecular flexibility index (Phi) is 2.79. The van der Waals surface area contributed by atoms with Gasteiger partial charge in [-0.1, -0.05) is 24.3 Å². The summed E-state index contributed by atoms with van der Waals surface area (Å²) in [7, 11) is 4.64. The van der Waals surface area contributed by atoms with Crippen LogP contribution in [-0.2, 0) is 19.4 Å². The molecule has 0 spiro atoms. The molecule has 3 aliphatic carbocycles. The van der Waals surface area contributed by atoms with Crippen molar-refractivity contribution in [3.05, 3.63) is 24.3 Å². The molecule has 0 saturated heterocycles. The molecule has 3 aliphatic rings. The molecule has 0 aromatic rings. The van der Waals surface area contributed by atoms with Gasteiger partial charge >= 0.3 is 28.7 Å². The predicted octanol–water partition coefficient (Wildman–Crippen LogP) is 3.07. The van der Waals surface area contributed by atoms with E-state index in [9.17, 15) is 0 Å². The fourth-order valence-corrected chi connectivity index (χ4v) is 2.97. The molecular formula is C10H12ClTi. The molecule has 3 rings (SSSR count). The molecule has 0 aromatic carbocycles. The van der Waals surface area contributed by atoms with Crippen molar-refractivity contribution in [3.8, 4) is 0 Å². The monoisotopic (exact) mass is 215 g/mol. The van der Waals surface area contributed by atoms with E-state index >= 15 is 0 Å². The molecule has 0 amide bonds. The summed E-state index contributed by atoms with van der Waals surface area (Å²) in [5.41, 5.74) is 0. The van der Waals surface area contributed by atoms with Crippen LogP contribution in [-0.4, -0.2) is 0 Å². The molecule has 4 unspecified atom stereocenters. The summed E-state index contributed by atoms with van der Waals surface area (Å²) in [5, 5.41) is 0. The molecule has 0 heterocycles. The molecule has 12 heavy (non-hydrogen) atoms. The average Bonchev–Trinajstić information content (AvgIpc) is 2.81. The van der Waals surface area contributed by atoms with Gasteiger partial charge in [0.05, 0.1) is 0 Å². The van der Waals surface area contributed by atoms with Crippen molar-refractivity contribution in [3.63, 3.8) is 0 Å². The summed E-state index contributed by atoms with van der Waals surface area (Å²) in [4.78, 5) is 0. The molecular weight excluding hydrogens is 203 g/mol. The zero-order valence-corrected chi connectivity index (χ0v) is 9.23. The van der Waals surface area contributed by atoms with E-state index in [4.69, 9.17) is 0 Å². The molecule has 1 saturated carbocycles. The third-order valence-corrected chi connectivity index (χ3v) is 3.46. The van der Waals surface area contributed by atoms with Crippen molar-refractivity contribution >= 4 is 9.30 Å². The quantitative estimate of drug-likeness (QED) is 0.430. The first kappa shape index (κ1) is 9.06. The molecule has 0 aromatic heterocycles. The minimum atomic E-state index is 0.925. The van der Waals surface area contributed by atoms with Crippen molar-refractivity contribution in [2.24, 2.45) is 23.7 Å². The molecule has 2 heteroatoms. The summed E-state index contributed by atoms with van der Waals surface area (Å²) in [6.45, 7) is 0. The van der Waals surface area contributed by atoms with Crippen molar-refractivity contribution in [1.29, 1.82) is 0 Å². The Balaban J connectivity index is 0.000000264. The van der Waals surface area contributed by atoms with Crippen LogP contribution in [0, 0.1) is 23.7 Å².